The molecule has 1 heterocycles. The van der Waals surface area contributed by atoms with E-state index < -0.39 is 22.2 Å². The number of hydrogen-bond acceptors (Lipinski definition) is 7. The molecule has 1 aliphatic heterocycles. The third-order valence-corrected chi connectivity index (χ3v) is 5.44. The molecule has 27 heavy (non-hydrogen) atoms. The second-order valence-corrected chi connectivity index (χ2v) is 6.87. The molecule has 134 valence electrons. The topological polar surface area (TPSA) is 142 Å². The summed E-state index contributed by atoms with van der Waals surface area (Å²) in [7, 11) is 1.90. The van der Waals surface area contributed by atoms with Crippen LogP contribution in [0.1, 0.15) is 11.5 Å². The van der Waals surface area contributed by atoms with Gasteiger partial charge < -0.3 is 10.3 Å². The molecule has 3 atom stereocenters. The van der Waals surface area contributed by atoms with Crippen molar-refractivity contribution in [1.29, 1.82) is 21.2 Å². The first-order chi connectivity index (χ1) is 12.9. The Morgan fingerprint density at radius 2 is 1.89 bits per heavy atom. The number of non-ortho nitro benzene ring substituents is 1. The number of nitrogens with one attached hydrogen (secondary N) is 1. The van der Waals surface area contributed by atoms with Crippen LogP contribution in [0, 0.1) is 66.8 Å². The van der Waals surface area contributed by atoms with E-state index in [4.69, 9.17) is 5.41 Å². The molecule has 1 aliphatic carbocycles. The van der Waals surface area contributed by atoms with Gasteiger partial charge in [0.25, 0.3) is 5.69 Å². The third-order valence-electron chi connectivity index (χ3n) is 5.44. The standard InChI is InChI=1S/C19H16N6O2/c1-24-7-6-14-15(8-20)18(23)19(10-21,11-22)17(16(14)9-24)12-2-4-13(5-3-12)25(26)27/h2-6,15-17,23H,7,9H2,1H3/t15?,16-,17+/m1/s1. The minimum absolute atomic E-state index is 0.0874. The van der Waals surface area contributed by atoms with Crippen molar-refractivity contribution in [2.24, 2.45) is 17.3 Å². The maximum Gasteiger partial charge on any atom is 0.269 e. The molecule has 8 nitrogen and oxygen atoms in total. The summed E-state index contributed by atoms with van der Waals surface area (Å²) in [5.41, 5.74) is -0.765. The monoisotopic (exact) mass is 360 g/mol. The number of fused-ring (bicyclic) bond motifs is 1. The molecule has 0 spiro atoms. The van der Waals surface area contributed by atoms with Gasteiger partial charge >= 0.3 is 0 Å². The molecule has 3 rings (SSSR count). The van der Waals surface area contributed by atoms with Crippen molar-refractivity contribution in [3.05, 3.63) is 51.6 Å². The molecule has 1 unspecified atom stereocenters. The maximum absolute atomic E-state index is 10.9. The molecule has 0 aromatic heterocycles. The van der Waals surface area contributed by atoms with Crippen LogP contribution in [0.2, 0.25) is 0 Å². The molecule has 1 aromatic rings. The Morgan fingerprint density at radius 1 is 1.26 bits per heavy atom. The minimum atomic E-state index is -1.79. The minimum Gasteiger partial charge on any atom is -0.305 e. The van der Waals surface area contributed by atoms with Crippen LogP contribution >= 0.6 is 0 Å². The van der Waals surface area contributed by atoms with Crippen molar-refractivity contribution in [2.75, 3.05) is 20.1 Å². The van der Waals surface area contributed by atoms with Crippen molar-refractivity contribution in [1.82, 2.24) is 4.90 Å². The lowest BCUT2D eigenvalue weighted by molar-refractivity contribution is -0.384. The van der Waals surface area contributed by atoms with Crippen LogP contribution in [0.15, 0.2) is 35.9 Å². The molecule has 0 bridgehead atoms. The van der Waals surface area contributed by atoms with Gasteiger partial charge in [0.15, 0.2) is 5.41 Å². The Kier molecular flexibility index (Phi) is 4.49. The summed E-state index contributed by atoms with van der Waals surface area (Å²) in [6, 6.07) is 11.8. The Balaban J connectivity index is 2.22. The number of hydrogen-bond donors (Lipinski definition) is 1. The number of benzene rings is 1. The highest BCUT2D eigenvalue weighted by Crippen LogP contribution is 2.53. The Morgan fingerprint density at radius 3 is 2.41 bits per heavy atom. The number of nitrogens with zero attached hydrogens (tertiary/aromatic N) is 5. The molecular weight excluding hydrogens is 344 g/mol. The average Bonchev–Trinajstić information content (AvgIpc) is 2.67. The van der Waals surface area contributed by atoms with E-state index in [2.05, 4.69) is 6.07 Å². The van der Waals surface area contributed by atoms with E-state index in [-0.39, 0.29) is 17.3 Å². The van der Waals surface area contributed by atoms with Crippen molar-refractivity contribution >= 4 is 11.4 Å². The van der Waals surface area contributed by atoms with Crippen LogP contribution in [0.5, 0.6) is 0 Å². The van der Waals surface area contributed by atoms with Crippen LogP contribution in [0.3, 0.4) is 0 Å². The van der Waals surface area contributed by atoms with Crippen molar-refractivity contribution in [3.63, 3.8) is 0 Å². The molecule has 1 fully saturated rings. The first-order valence-corrected chi connectivity index (χ1v) is 8.33. The molecule has 1 N–H and O–H groups in total. The summed E-state index contributed by atoms with van der Waals surface area (Å²) in [6.45, 7) is 1.15. The van der Waals surface area contributed by atoms with Gasteiger partial charge in [-0.1, -0.05) is 18.2 Å². The fourth-order valence-electron chi connectivity index (χ4n) is 4.13. The van der Waals surface area contributed by atoms with Gasteiger partial charge in [0.1, 0.15) is 5.92 Å². The number of rotatable bonds is 2. The number of nitriles is 3. The first kappa shape index (κ1) is 18.3. The molecule has 8 heteroatoms. The van der Waals surface area contributed by atoms with E-state index in [1.54, 1.807) is 12.1 Å². The predicted molar refractivity (Wildman–Crippen MR) is 95.4 cm³/mol. The number of nitro groups is 1. The second kappa shape index (κ2) is 6.64. The molecular formula is C19H16N6O2. The number of likely N-dealkylation sites (N-methyl/N-ethyl adjacent to an activating group) is 1. The average molecular weight is 360 g/mol. The van der Waals surface area contributed by atoms with Crippen LogP contribution in [0.4, 0.5) is 5.69 Å². The molecule has 0 saturated heterocycles. The molecule has 1 saturated carbocycles. The largest absolute Gasteiger partial charge is 0.305 e. The quantitative estimate of drug-likeness (QED) is 0.487. The highest BCUT2D eigenvalue weighted by Gasteiger charge is 2.57. The number of nitro benzene ring substituents is 1. The van der Waals surface area contributed by atoms with Crippen LogP contribution in [-0.4, -0.2) is 35.7 Å². The lowest BCUT2D eigenvalue weighted by Crippen LogP contribution is -2.52. The van der Waals surface area contributed by atoms with Gasteiger partial charge in [0, 0.05) is 37.1 Å². The van der Waals surface area contributed by atoms with Crippen molar-refractivity contribution < 1.29 is 4.92 Å². The van der Waals surface area contributed by atoms with Gasteiger partial charge in [-0.15, -0.1) is 0 Å². The Hall–Kier alpha value is -3.54. The first-order valence-electron chi connectivity index (χ1n) is 8.33. The van der Waals surface area contributed by atoms with Gasteiger partial charge in [0.2, 0.25) is 0 Å². The van der Waals surface area contributed by atoms with E-state index in [1.165, 1.54) is 12.1 Å². The Labute approximate surface area is 156 Å². The molecule has 2 aliphatic rings. The normalized spacial score (nSPS) is 26.7. The molecule has 0 amide bonds. The zero-order valence-electron chi connectivity index (χ0n) is 14.6. The fourth-order valence-corrected chi connectivity index (χ4v) is 4.13. The lowest BCUT2D eigenvalue weighted by atomic mass is 9.54. The van der Waals surface area contributed by atoms with Gasteiger partial charge in [0.05, 0.1) is 28.8 Å². The maximum atomic E-state index is 10.9. The molecule has 0 radical (unpaired) electrons. The summed E-state index contributed by atoms with van der Waals surface area (Å²) in [4.78, 5) is 12.5. The summed E-state index contributed by atoms with van der Waals surface area (Å²) < 4.78 is 0. The predicted octanol–water partition coefficient (Wildman–Crippen LogP) is 2.37. The van der Waals surface area contributed by atoms with Crippen molar-refractivity contribution in [3.8, 4) is 18.2 Å². The summed E-state index contributed by atoms with van der Waals surface area (Å²) in [6.07, 6.45) is 1.90. The fraction of sp³-hybridized carbons (Fsp3) is 0.368. The highest BCUT2D eigenvalue weighted by atomic mass is 16.6. The van der Waals surface area contributed by atoms with Gasteiger partial charge in [-0.2, -0.15) is 15.8 Å². The summed E-state index contributed by atoms with van der Waals surface area (Å²) in [5, 5.41) is 48.8. The van der Waals surface area contributed by atoms with E-state index >= 15 is 0 Å². The summed E-state index contributed by atoms with van der Waals surface area (Å²) in [5.74, 6) is -1.89. The van der Waals surface area contributed by atoms with Gasteiger partial charge in [-0.25, -0.2) is 0 Å². The van der Waals surface area contributed by atoms with Crippen LogP contribution in [-0.2, 0) is 0 Å². The lowest BCUT2D eigenvalue weighted by Gasteiger charge is -2.47. The van der Waals surface area contributed by atoms with E-state index in [9.17, 15) is 25.9 Å². The van der Waals surface area contributed by atoms with E-state index in [0.29, 0.717) is 18.7 Å². The van der Waals surface area contributed by atoms with Gasteiger partial charge in [-0.05, 0) is 18.2 Å². The second-order valence-electron chi connectivity index (χ2n) is 6.87. The van der Waals surface area contributed by atoms with Crippen molar-refractivity contribution in [2.45, 2.75) is 5.92 Å². The van der Waals surface area contributed by atoms with E-state index in [1.807, 2.05) is 30.2 Å². The third kappa shape index (κ3) is 2.66. The van der Waals surface area contributed by atoms with Crippen LogP contribution < -0.4 is 0 Å². The zero-order valence-corrected chi connectivity index (χ0v) is 14.6. The molecule has 1 aromatic carbocycles. The Bertz CT molecular complexity index is 946. The van der Waals surface area contributed by atoms with E-state index in [0.717, 1.165) is 5.57 Å². The zero-order chi connectivity index (χ0) is 19.8. The van der Waals surface area contributed by atoms with Crippen LogP contribution in [0.25, 0.3) is 0 Å². The smallest absolute Gasteiger partial charge is 0.269 e. The summed E-state index contributed by atoms with van der Waals surface area (Å²) >= 11 is 0. The highest BCUT2D eigenvalue weighted by molar-refractivity contribution is 6.00. The SMILES string of the molecule is CN1CC=C2C(C#N)C(=N)C(C#N)(C#N)[C@@H](c3ccc([N+](=O)[O-])cc3)[C@@H]2C1. The van der Waals surface area contributed by atoms with Gasteiger partial charge in [-0.3, -0.25) is 10.1 Å².